The summed E-state index contributed by atoms with van der Waals surface area (Å²) in [5.41, 5.74) is 1.93. The first-order chi connectivity index (χ1) is 12.1. The molecule has 0 aliphatic heterocycles. The van der Waals surface area contributed by atoms with Crippen molar-refractivity contribution in [2.45, 2.75) is 32.0 Å². The number of ether oxygens (including phenoxy) is 2. The molecule has 1 N–H and O–H groups in total. The number of methoxy groups -OCH3 is 1. The molecule has 0 bridgehead atoms. The zero-order valence-corrected chi connectivity index (χ0v) is 15.4. The van der Waals surface area contributed by atoms with E-state index in [0.29, 0.717) is 30.7 Å². The Hall–Kier alpha value is -2.12. The summed E-state index contributed by atoms with van der Waals surface area (Å²) in [6, 6.07) is 10.7. The number of non-ortho nitro benzene ring substituents is 1. The van der Waals surface area contributed by atoms with Gasteiger partial charge in [0.1, 0.15) is 6.61 Å². The highest BCUT2D eigenvalue weighted by Gasteiger charge is 2.22. The molecule has 6 nitrogen and oxygen atoms in total. The number of nitro benzene ring substituents is 1. The third-order valence-electron chi connectivity index (χ3n) is 4.06. The summed E-state index contributed by atoms with van der Waals surface area (Å²) < 4.78 is 12.4. The van der Waals surface area contributed by atoms with Gasteiger partial charge in [0.15, 0.2) is 11.5 Å². The Balaban J connectivity index is 1.77. The van der Waals surface area contributed by atoms with E-state index in [-0.39, 0.29) is 5.69 Å². The molecule has 25 heavy (non-hydrogen) atoms. The van der Waals surface area contributed by atoms with Gasteiger partial charge in [0.25, 0.3) is 5.69 Å². The number of hydrogen-bond donors (Lipinski definition) is 1. The van der Waals surface area contributed by atoms with Crippen LogP contribution in [0.3, 0.4) is 0 Å². The Kier molecular flexibility index (Phi) is 5.55. The van der Waals surface area contributed by atoms with Crippen LogP contribution in [0.1, 0.15) is 24.0 Å². The van der Waals surface area contributed by atoms with Crippen molar-refractivity contribution in [1.82, 2.24) is 5.32 Å². The second-order valence-electron chi connectivity index (χ2n) is 5.92. The summed E-state index contributed by atoms with van der Waals surface area (Å²) in [4.78, 5) is 10.3. The van der Waals surface area contributed by atoms with Gasteiger partial charge in [0.2, 0.25) is 0 Å². The van der Waals surface area contributed by atoms with Gasteiger partial charge in [0, 0.05) is 34.8 Å². The van der Waals surface area contributed by atoms with Gasteiger partial charge in [0.05, 0.1) is 12.0 Å². The van der Waals surface area contributed by atoms with E-state index in [2.05, 4.69) is 21.2 Å². The molecular formula is C18H19BrN2O4. The standard InChI is InChI=1S/C18H19BrN2O4/c1-24-17-9-8-16(19)15(10-20-13-4-5-13)18(17)25-11-12-2-6-14(7-3-12)21(22)23/h2-3,6-9,13,20H,4-5,10-11H2,1H3. The van der Waals surface area contributed by atoms with Crippen LogP contribution >= 0.6 is 15.9 Å². The van der Waals surface area contributed by atoms with E-state index in [1.54, 1.807) is 19.2 Å². The molecule has 1 saturated carbocycles. The number of benzene rings is 2. The van der Waals surface area contributed by atoms with Gasteiger partial charge in [-0.15, -0.1) is 0 Å². The lowest BCUT2D eigenvalue weighted by Crippen LogP contribution is -2.16. The Morgan fingerprint density at radius 1 is 1.24 bits per heavy atom. The van der Waals surface area contributed by atoms with Crippen LogP contribution < -0.4 is 14.8 Å². The molecule has 0 spiro atoms. The van der Waals surface area contributed by atoms with Gasteiger partial charge in [-0.3, -0.25) is 10.1 Å². The fourth-order valence-corrected chi connectivity index (χ4v) is 2.92. The molecule has 0 saturated heterocycles. The maximum absolute atomic E-state index is 10.7. The molecule has 1 fully saturated rings. The van der Waals surface area contributed by atoms with Gasteiger partial charge >= 0.3 is 0 Å². The van der Waals surface area contributed by atoms with E-state index in [1.165, 1.54) is 25.0 Å². The summed E-state index contributed by atoms with van der Waals surface area (Å²) in [6.07, 6.45) is 2.42. The molecule has 2 aromatic carbocycles. The van der Waals surface area contributed by atoms with Crippen LogP contribution in [0, 0.1) is 10.1 Å². The van der Waals surface area contributed by atoms with Crippen LogP contribution in [0.25, 0.3) is 0 Å². The first-order valence-corrected chi connectivity index (χ1v) is 8.82. The Bertz CT molecular complexity index is 760. The van der Waals surface area contributed by atoms with Crippen molar-refractivity contribution in [2.75, 3.05) is 7.11 Å². The fourth-order valence-electron chi connectivity index (χ4n) is 2.47. The lowest BCUT2D eigenvalue weighted by molar-refractivity contribution is -0.384. The summed E-state index contributed by atoms with van der Waals surface area (Å²) in [5.74, 6) is 1.35. The zero-order valence-electron chi connectivity index (χ0n) is 13.8. The molecule has 2 aromatic rings. The van der Waals surface area contributed by atoms with Crippen molar-refractivity contribution < 1.29 is 14.4 Å². The van der Waals surface area contributed by atoms with E-state index in [0.717, 1.165) is 15.6 Å². The highest BCUT2D eigenvalue weighted by molar-refractivity contribution is 9.10. The molecule has 0 aromatic heterocycles. The van der Waals surface area contributed by atoms with E-state index in [9.17, 15) is 10.1 Å². The summed E-state index contributed by atoms with van der Waals surface area (Å²) in [5, 5.41) is 14.2. The second kappa shape index (κ2) is 7.84. The highest BCUT2D eigenvalue weighted by atomic mass is 79.9. The lowest BCUT2D eigenvalue weighted by Gasteiger charge is -2.17. The van der Waals surface area contributed by atoms with Gasteiger partial charge in [-0.1, -0.05) is 15.9 Å². The Labute approximate surface area is 154 Å². The number of nitrogens with zero attached hydrogens (tertiary/aromatic N) is 1. The van der Waals surface area contributed by atoms with E-state index >= 15 is 0 Å². The SMILES string of the molecule is COc1ccc(Br)c(CNC2CC2)c1OCc1ccc([N+](=O)[O-])cc1. The average molecular weight is 407 g/mol. The lowest BCUT2D eigenvalue weighted by atomic mass is 10.1. The minimum atomic E-state index is -0.413. The predicted octanol–water partition coefficient (Wildman–Crippen LogP) is 4.20. The maximum Gasteiger partial charge on any atom is 0.269 e. The van der Waals surface area contributed by atoms with E-state index < -0.39 is 4.92 Å². The third kappa shape index (κ3) is 4.49. The number of rotatable bonds is 8. The molecular weight excluding hydrogens is 388 g/mol. The monoisotopic (exact) mass is 406 g/mol. The molecule has 0 radical (unpaired) electrons. The molecule has 132 valence electrons. The number of nitrogens with one attached hydrogen (secondary N) is 1. The predicted molar refractivity (Wildman–Crippen MR) is 98.0 cm³/mol. The van der Waals surface area contributed by atoms with Gasteiger partial charge in [-0.05, 0) is 42.7 Å². The second-order valence-corrected chi connectivity index (χ2v) is 6.78. The third-order valence-corrected chi connectivity index (χ3v) is 4.81. The van der Waals surface area contributed by atoms with Gasteiger partial charge in [-0.2, -0.15) is 0 Å². The summed E-state index contributed by atoms with van der Waals surface area (Å²) in [7, 11) is 1.61. The minimum absolute atomic E-state index is 0.0677. The zero-order chi connectivity index (χ0) is 17.8. The van der Waals surface area contributed by atoms with Crippen molar-refractivity contribution in [3.63, 3.8) is 0 Å². The highest BCUT2D eigenvalue weighted by Crippen LogP contribution is 2.37. The van der Waals surface area contributed by atoms with E-state index in [4.69, 9.17) is 9.47 Å². The van der Waals surface area contributed by atoms with Gasteiger partial charge < -0.3 is 14.8 Å². The van der Waals surface area contributed by atoms with Crippen LogP contribution in [0.4, 0.5) is 5.69 Å². The van der Waals surface area contributed by atoms with Crippen LogP contribution in [-0.4, -0.2) is 18.1 Å². The molecule has 7 heteroatoms. The minimum Gasteiger partial charge on any atom is -0.493 e. The summed E-state index contributed by atoms with van der Waals surface area (Å²) in [6.45, 7) is 0.999. The Morgan fingerprint density at radius 3 is 2.56 bits per heavy atom. The molecule has 0 amide bonds. The summed E-state index contributed by atoms with van der Waals surface area (Å²) >= 11 is 3.58. The smallest absolute Gasteiger partial charge is 0.269 e. The molecule has 1 aliphatic carbocycles. The van der Waals surface area contributed by atoms with Gasteiger partial charge in [-0.25, -0.2) is 0 Å². The molecule has 0 atom stereocenters. The van der Waals surface area contributed by atoms with E-state index in [1.807, 2.05) is 12.1 Å². The Morgan fingerprint density at radius 2 is 1.96 bits per heavy atom. The van der Waals surface area contributed by atoms with Crippen molar-refractivity contribution >= 4 is 21.6 Å². The topological polar surface area (TPSA) is 73.6 Å². The van der Waals surface area contributed by atoms with Crippen LogP contribution in [0.15, 0.2) is 40.9 Å². The molecule has 0 unspecified atom stereocenters. The number of nitro groups is 1. The average Bonchev–Trinajstić information content (AvgIpc) is 3.43. The molecule has 1 aliphatic rings. The largest absolute Gasteiger partial charge is 0.493 e. The first kappa shape index (κ1) is 17.7. The van der Waals surface area contributed by atoms with Crippen LogP contribution in [-0.2, 0) is 13.2 Å². The maximum atomic E-state index is 10.7. The van der Waals surface area contributed by atoms with Crippen molar-refractivity contribution in [1.29, 1.82) is 0 Å². The number of halogens is 1. The molecule has 0 heterocycles. The fraction of sp³-hybridized carbons (Fsp3) is 0.333. The normalized spacial score (nSPS) is 13.5. The van der Waals surface area contributed by atoms with Crippen LogP contribution in [0.5, 0.6) is 11.5 Å². The number of hydrogen-bond acceptors (Lipinski definition) is 5. The van der Waals surface area contributed by atoms with Crippen LogP contribution in [0.2, 0.25) is 0 Å². The van der Waals surface area contributed by atoms with Crippen molar-refractivity contribution in [3.05, 3.63) is 62.1 Å². The molecule has 3 rings (SSSR count). The van der Waals surface area contributed by atoms with Crippen molar-refractivity contribution in [3.8, 4) is 11.5 Å². The first-order valence-electron chi connectivity index (χ1n) is 8.03. The quantitative estimate of drug-likeness (QED) is 0.525. The van der Waals surface area contributed by atoms with Crippen molar-refractivity contribution in [2.24, 2.45) is 0 Å².